The lowest BCUT2D eigenvalue weighted by Crippen LogP contribution is -2.20. The molecule has 0 atom stereocenters. The summed E-state index contributed by atoms with van der Waals surface area (Å²) in [6.45, 7) is 2.08. The number of alkyl halides is 6. The van der Waals surface area contributed by atoms with Crippen LogP contribution in [0.4, 0.5) is 37.7 Å². The molecule has 2 aromatic carbocycles. The first kappa shape index (κ1) is 22.0. The van der Waals surface area contributed by atoms with Gasteiger partial charge in [-0.3, -0.25) is 0 Å². The molecular formula is C19H18F6N2S. The molecule has 2 N–H and O–H groups in total. The molecule has 0 saturated carbocycles. The quantitative estimate of drug-likeness (QED) is 0.407. The second kappa shape index (κ2) is 8.81. The predicted molar refractivity (Wildman–Crippen MR) is 101 cm³/mol. The van der Waals surface area contributed by atoms with E-state index in [-0.39, 0.29) is 11.2 Å². The first-order chi connectivity index (χ1) is 13.0. The molecule has 0 unspecified atom stereocenters. The molecule has 152 valence electrons. The molecule has 0 fully saturated rings. The van der Waals surface area contributed by atoms with Crippen molar-refractivity contribution in [1.82, 2.24) is 0 Å². The summed E-state index contributed by atoms with van der Waals surface area (Å²) >= 11 is 5.01. The van der Waals surface area contributed by atoms with Crippen molar-refractivity contribution in [3.05, 3.63) is 59.2 Å². The van der Waals surface area contributed by atoms with Gasteiger partial charge >= 0.3 is 12.4 Å². The number of nitrogens with one attached hydrogen (secondary N) is 2. The fourth-order valence-corrected chi connectivity index (χ4v) is 2.69. The van der Waals surface area contributed by atoms with E-state index in [0.29, 0.717) is 17.8 Å². The van der Waals surface area contributed by atoms with Crippen molar-refractivity contribution in [3.63, 3.8) is 0 Å². The third-order valence-electron chi connectivity index (χ3n) is 3.88. The van der Waals surface area contributed by atoms with Gasteiger partial charge in [0, 0.05) is 11.4 Å². The number of unbranched alkanes of at least 4 members (excludes halogenated alkanes) is 1. The highest BCUT2D eigenvalue weighted by Crippen LogP contribution is 2.37. The summed E-state index contributed by atoms with van der Waals surface area (Å²) < 4.78 is 77.4. The van der Waals surface area contributed by atoms with Crippen LogP contribution in [0.25, 0.3) is 0 Å². The second-order valence-corrected chi connectivity index (χ2v) is 6.58. The molecule has 2 rings (SSSR count). The third kappa shape index (κ3) is 6.40. The normalized spacial score (nSPS) is 12.0. The van der Waals surface area contributed by atoms with Crippen molar-refractivity contribution in [3.8, 4) is 0 Å². The van der Waals surface area contributed by atoms with Gasteiger partial charge in [-0.1, -0.05) is 25.5 Å². The summed E-state index contributed by atoms with van der Waals surface area (Å²) in [5.74, 6) is 0. The summed E-state index contributed by atoms with van der Waals surface area (Å²) in [5, 5.41) is 5.02. The van der Waals surface area contributed by atoms with Gasteiger partial charge in [-0.05, 0) is 61.0 Å². The molecule has 0 bridgehead atoms. The molecule has 0 heterocycles. The molecule has 0 aliphatic carbocycles. The molecule has 0 radical (unpaired) electrons. The van der Waals surface area contributed by atoms with Crippen molar-refractivity contribution < 1.29 is 26.3 Å². The van der Waals surface area contributed by atoms with Crippen LogP contribution >= 0.6 is 12.2 Å². The van der Waals surface area contributed by atoms with Gasteiger partial charge in [0.2, 0.25) is 0 Å². The Kier molecular flexibility index (Phi) is 6.92. The van der Waals surface area contributed by atoms with Crippen molar-refractivity contribution in [2.24, 2.45) is 0 Å². The van der Waals surface area contributed by atoms with Crippen LogP contribution in [0.1, 0.15) is 36.5 Å². The molecule has 0 aliphatic rings. The Morgan fingerprint density at radius 1 is 0.821 bits per heavy atom. The summed E-state index contributed by atoms with van der Waals surface area (Å²) in [7, 11) is 0. The molecule has 9 heteroatoms. The largest absolute Gasteiger partial charge is 0.416 e. The minimum absolute atomic E-state index is 0.0662. The zero-order valence-electron chi connectivity index (χ0n) is 14.8. The Balaban J connectivity index is 2.14. The molecule has 0 spiro atoms. The Hall–Kier alpha value is -2.29. The zero-order chi connectivity index (χ0) is 20.9. The number of anilines is 2. The van der Waals surface area contributed by atoms with Gasteiger partial charge in [0.05, 0.1) is 11.1 Å². The lowest BCUT2D eigenvalue weighted by Gasteiger charge is -2.16. The number of halogens is 6. The van der Waals surface area contributed by atoms with Crippen LogP contribution in [0.15, 0.2) is 42.5 Å². The van der Waals surface area contributed by atoms with E-state index in [4.69, 9.17) is 12.2 Å². The van der Waals surface area contributed by atoms with Crippen LogP contribution in [0.3, 0.4) is 0 Å². The van der Waals surface area contributed by atoms with Crippen molar-refractivity contribution in [2.45, 2.75) is 38.5 Å². The Labute approximate surface area is 163 Å². The van der Waals surface area contributed by atoms with Crippen LogP contribution in [0, 0.1) is 0 Å². The standard InChI is InChI=1S/C19H18F6N2S/c1-2-3-4-12-5-7-15(8-6-12)26-17(28)27-16-10-13(18(20,21)22)9-14(11-16)19(23,24)25/h5-11H,2-4H2,1H3,(H2,26,27,28). The van der Waals surface area contributed by atoms with E-state index in [1.54, 1.807) is 12.1 Å². The molecule has 0 saturated heterocycles. The first-order valence-corrected chi connectivity index (χ1v) is 8.86. The van der Waals surface area contributed by atoms with Gasteiger partial charge in [-0.2, -0.15) is 26.3 Å². The number of rotatable bonds is 5. The van der Waals surface area contributed by atoms with Crippen molar-refractivity contribution >= 4 is 28.7 Å². The van der Waals surface area contributed by atoms with Gasteiger partial charge in [0.1, 0.15) is 0 Å². The molecule has 0 aliphatic heterocycles. The van der Waals surface area contributed by atoms with E-state index in [2.05, 4.69) is 17.6 Å². The number of benzene rings is 2. The maximum absolute atomic E-state index is 12.9. The summed E-state index contributed by atoms with van der Waals surface area (Å²) in [6, 6.07) is 8.47. The van der Waals surface area contributed by atoms with Crippen molar-refractivity contribution in [2.75, 3.05) is 10.6 Å². The third-order valence-corrected chi connectivity index (χ3v) is 4.08. The summed E-state index contributed by atoms with van der Waals surface area (Å²) in [6.07, 6.45) is -6.80. The van der Waals surface area contributed by atoms with Gasteiger partial charge in [-0.25, -0.2) is 0 Å². The number of hydrogen-bond donors (Lipinski definition) is 2. The average Bonchev–Trinajstić information content (AvgIpc) is 2.59. The maximum atomic E-state index is 12.9. The molecule has 0 aromatic heterocycles. The second-order valence-electron chi connectivity index (χ2n) is 6.17. The lowest BCUT2D eigenvalue weighted by molar-refractivity contribution is -0.143. The molecule has 28 heavy (non-hydrogen) atoms. The van der Waals surface area contributed by atoms with E-state index >= 15 is 0 Å². The molecular weight excluding hydrogens is 402 g/mol. The maximum Gasteiger partial charge on any atom is 0.416 e. The van der Waals surface area contributed by atoms with E-state index in [1.165, 1.54) is 0 Å². The molecule has 2 nitrogen and oxygen atoms in total. The molecule has 2 aromatic rings. The smallest absolute Gasteiger partial charge is 0.332 e. The van der Waals surface area contributed by atoms with E-state index < -0.39 is 29.2 Å². The van der Waals surface area contributed by atoms with Gasteiger partial charge in [-0.15, -0.1) is 0 Å². The molecule has 0 amide bonds. The predicted octanol–water partition coefficient (Wildman–Crippen LogP) is 6.88. The summed E-state index contributed by atoms with van der Waals surface area (Å²) in [5.41, 5.74) is -1.53. The Bertz CT molecular complexity index is 780. The fraction of sp³-hybridized carbons (Fsp3) is 0.316. The highest BCUT2D eigenvalue weighted by atomic mass is 32.1. The van der Waals surface area contributed by atoms with Crippen molar-refractivity contribution in [1.29, 1.82) is 0 Å². The number of thiocarbonyl (C=S) groups is 1. The summed E-state index contributed by atoms with van der Waals surface area (Å²) in [4.78, 5) is 0. The minimum Gasteiger partial charge on any atom is -0.332 e. The van der Waals surface area contributed by atoms with E-state index in [9.17, 15) is 26.3 Å². The highest BCUT2D eigenvalue weighted by molar-refractivity contribution is 7.80. The average molecular weight is 420 g/mol. The monoisotopic (exact) mass is 420 g/mol. The van der Waals surface area contributed by atoms with Crippen LogP contribution in [0.5, 0.6) is 0 Å². The number of aryl methyl sites for hydroxylation is 1. The lowest BCUT2D eigenvalue weighted by atomic mass is 10.1. The number of hydrogen-bond acceptors (Lipinski definition) is 1. The SMILES string of the molecule is CCCCc1ccc(NC(=S)Nc2cc(C(F)(F)F)cc(C(F)(F)F)c2)cc1. The minimum atomic E-state index is -4.92. The highest BCUT2D eigenvalue weighted by Gasteiger charge is 2.37. The van der Waals surface area contributed by atoms with Crippen LogP contribution in [0.2, 0.25) is 0 Å². The topological polar surface area (TPSA) is 24.1 Å². The van der Waals surface area contributed by atoms with Crippen LogP contribution in [-0.4, -0.2) is 5.11 Å². The zero-order valence-corrected chi connectivity index (χ0v) is 15.7. The van der Waals surface area contributed by atoms with Crippen LogP contribution < -0.4 is 10.6 Å². The first-order valence-electron chi connectivity index (χ1n) is 8.45. The fourth-order valence-electron chi connectivity index (χ4n) is 2.46. The van der Waals surface area contributed by atoms with Gasteiger partial charge in [0.25, 0.3) is 0 Å². The van der Waals surface area contributed by atoms with E-state index in [0.717, 1.165) is 24.8 Å². The Morgan fingerprint density at radius 2 is 1.32 bits per heavy atom. The van der Waals surface area contributed by atoms with Gasteiger partial charge in [0.15, 0.2) is 5.11 Å². The Morgan fingerprint density at radius 3 is 1.79 bits per heavy atom. The van der Waals surface area contributed by atoms with Crippen LogP contribution in [-0.2, 0) is 18.8 Å². The van der Waals surface area contributed by atoms with Gasteiger partial charge < -0.3 is 10.6 Å². The van der Waals surface area contributed by atoms with E-state index in [1.807, 2.05) is 12.1 Å².